The van der Waals surface area contributed by atoms with Gasteiger partial charge in [0.15, 0.2) is 11.6 Å². The molecule has 1 aromatic carbocycles. The summed E-state index contributed by atoms with van der Waals surface area (Å²) in [4.78, 5) is 0. The quantitative estimate of drug-likeness (QED) is 0.638. The van der Waals surface area contributed by atoms with Gasteiger partial charge in [-0.2, -0.15) is 13.2 Å². The van der Waals surface area contributed by atoms with Gasteiger partial charge in [0.05, 0.1) is 12.2 Å². The lowest BCUT2D eigenvalue weighted by atomic mass is 9.79. The number of halogens is 4. The summed E-state index contributed by atoms with van der Waals surface area (Å²) < 4.78 is 55.9. The van der Waals surface area contributed by atoms with Crippen LogP contribution in [-0.4, -0.2) is 23.8 Å². The van der Waals surface area contributed by atoms with Crippen LogP contribution in [0.25, 0.3) is 0 Å². The van der Waals surface area contributed by atoms with E-state index in [9.17, 15) is 17.6 Å². The first-order valence-electron chi connectivity index (χ1n) is 5.17. The largest absolute Gasteiger partial charge is 0.491 e. The summed E-state index contributed by atoms with van der Waals surface area (Å²) in [6.45, 7) is 1.73. The second-order valence-electron chi connectivity index (χ2n) is 3.60. The zero-order valence-electron chi connectivity index (χ0n) is 9.46. The average molecular weight is 266 g/mol. The molecule has 0 aliphatic carbocycles. The molecule has 0 spiro atoms. The Labute approximate surface area is 101 Å². The third kappa shape index (κ3) is 3.36. The van der Waals surface area contributed by atoms with Gasteiger partial charge >= 0.3 is 13.3 Å². The van der Waals surface area contributed by atoms with Crippen molar-refractivity contribution in [1.82, 2.24) is 0 Å². The van der Waals surface area contributed by atoms with Gasteiger partial charge in [0.1, 0.15) is 0 Å². The molecule has 0 saturated carbocycles. The molecule has 1 aromatic rings. The Kier molecular flexibility index (Phi) is 4.58. The van der Waals surface area contributed by atoms with Gasteiger partial charge in [-0.1, -0.05) is 6.92 Å². The summed E-state index contributed by atoms with van der Waals surface area (Å²) in [6, 6.07) is 1.18. The summed E-state index contributed by atoms with van der Waals surface area (Å²) in [7, 11) is -2.13. The maximum Gasteiger partial charge on any atom is 0.488 e. The molecule has 0 atom stereocenters. The molecule has 0 aliphatic heterocycles. The Hall–Kier alpha value is -1.28. The normalized spacial score (nSPS) is 11.5. The second kappa shape index (κ2) is 5.58. The number of ether oxygens (including phenoxy) is 1. The van der Waals surface area contributed by atoms with E-state index in [1.54, 1.807) is 6.92 Å². The number of benzene rings is 1. The molecule has 2 N–H and O–H groups in total. The molecule has 0 saturated heterocycles. The van der Waals surface area contributed by atoms with Gasteiger partial charge in [0.25, 0.3) is 0 Å². The molecule has 0 fully saturated rings. The molecule has 100 valence electrons. The third-order valence-corrected chi connectivity index (χ3v) is 2.13. The molecule has 0 aromatic heterocycles. The summed E-state index contributed by atoms with van der Waals surface area (Å²) >= 11 is 0. The van der Waals surface area contributed by atoms with E-state index in [2.05, 4.69) is 0 Å². The molecule has 1 rings (SSSR count). The van der Waals surface area contributed by atoms with Crippen molar-refractivity contribution < 1.29 is 32.3 Å². The fraction of sp³-hybridized carbons (Fsp3) is 0.400. The smallest absolute Gasteiger partial charge is 0.488 e. The molecule has 0 radical (unpaired) electrons. The highest BCUT2D eigenvalue weighted by Gasteiger charge is 2.37. The minimum Gasteiger partial charge on any atom is -0.491 e. The van der Waals surface area contributed by atoms with Crippen molar-refractivity contribution in [1.29, 1.82) is 0 Å². The van der Waals surface area contributed by atoms with Crippen LogP contribution in [0.1, 0.15) is 18.9 Å². The standard InChI is InChI=1S/C10H11BF4O3/c1-2-3-18-8-5-6(11(16)17)4-7(9(8)12)10(13,14)15/h4-5,16-17H,2-3H2,1H3. The Bertz CT molecular complexity index is 420. The number of hydrogen-bond acceptors (Lipinski definition) is 3. The van der Waals surface area contributed by atoms with E-state index in [1.165, 1.54) is 0 Å². The third-order valence-electron chi connectivity index (χ3n) is 2.13. The topological polar surface area (TPSA) is 49.7 Å². The summed E-state index contributed by atoms with van der Waals surface area (Å²) in [5, 5.41) is 17.7. The minimum atomic E-state index is -4.93. The number of alkyl halides is 3. The highest BCUT2D eigenvalue weighted by Crippen LogP contribution is 2.34. The fourth-order valence-corrected chi connectivity index (χ4v) is 1.29. The first-order valence-corrected chi connectivity index (χ1v) is 5.17. The lowest BCUT2D eigenvalue weighted by Gasteiger charge is -2.14. The minimum absolute atomic E-state index is 0.0270. The van der Waals surface area contributed by atoms with E-state index in [1.807, 2.05) is 0 Å². The SMILES string of the molecule is CCCOc1cc(B(O)O)cc(C(F)(F)F)c1F. The molecule has 0 amide bonds. The van der Waals surface area contributed by atoms with Crippen molar-refractivity contribution in [2.24, 2.45) is 0 Å². The second-order valence-corrected chi connectivity index (χ2v) is 3.60. The van der Waals surface area contributed by atoms with Gasteiger partial charge < -0.3 is 14.8 Å². The van der Waals surface area contributed by atoms with Crippen LogP contribution in [0.4, 0.5) is 17.6 Å². The van der Waals surface area contributed by atoms with Crippen molar-refractivity contribution in [3.8, 4) is 5.75 Å². The van der Waals surface area contributed by atoms with Crippen molar-refractivity contribution >= 4 is 12.6 Å². The molecule has 18 heavy (non-hydrogen) atoms. The fourth-order valence-electron chi connectivity index (χ4n) is 1.29. The predicted molar refractivity (Wildman–Crippen MR) is 57.0 cm³/mol. The molecule has 8 heteroatoms. The molecule has 3 nitrogen and oxygen atoms in total. The summed E-state index contributed by atoms with van der Waals surface area (Å²) in [5.74, 6) is -2.20. The van der Waals surface area contributed by atoms with Gasteiger partial charge in [-0.3, -0.25) is 0 Å². The predicted octanol–water partition coefficient (Wildman–Crippen LogP) is 1.31. The van der Waals surface area contributed by atoms with E-state index in [0.29, 0.717) is 12.5 Å². The highest BCUT2D eigenvalue weighted by atomic mass is 19.4. The number of rotatable bonds is 4. The van der Waals surface area contributed by atoms with Crippen LogP contribution >= 0.6 is 0 Å². The van der Waals surface area contributed by atoms with Crippen LogP contribution in [-0.2, 0) is 6.18 Å². The molecular formula is C10H11BF4O3. The van der Waals surface area contributed by atoms with Gasteiger partial charge in [0, 0.05) is 0 Å². The van der Waals surface area contributed by atoms with Gasteiger partial charge in [0.2, 0.25) is 0 Å². The van der Waals surface area contributed by atoms with E-state index in [-0.39, 0.29) is 6.61 Å². The van der Waals surface area contributed by atoms with Gasteiger partial charge in [-0.15, -0.1) is 0 Å². The van der Waals surface area contributed by atoms with E-state index in [0.717, 1.165) is 6.07 Å². The van der Waals surface area contributed by atoms with Crippen molar-refractivity contribution in [3.63, 3.8) is 0 Å². The first-order chi connectivity index (χ1) is 8.27. The lowest BCUT2D eigenvalue weighted by molar-refractivity contribution is -0.140. The van der Waals surface area contributed by atoms with Crippen LogP contribution < -0.4 is 10.2 Å². The number of hydrogen-bond donors (Lipinski definition) is 2. The summed E-state index contributed by atoms with van der Waals surface area (Å²) in [6.07, 6.45) is -4.45. The van der Waals surface area contributed by atoms with Crippen LogP contribution in [0.2, 0.25) is 0 Å². The first kappa shape index (κ1) is 14.8. The molecular weight excluding hydrogens is 255 g/mol. The van der Waals surface area contributed by atoms with E-state index >= 15 is 0 Å². The zero-order valence-corrected chi connectivity index (χ0v) is 9.46. The Morgan fingerprint density at radius 1 is 1.28 bits per heavy atom. The Balaban J connectivity index is 3.29. The van der Waals surface area contributed by atoms with Crippen LogP contribution in [0.5, 0.6) is 5.75 Å². The van der Waals surface area contributed by atoms with E-state index in [4.69, 9.17) is 14.8 Å². The van der Waals surface area contributed by atoms with Crippen molar-refractivity contribution in [2.75, 3.05) is 6.61 Å². The van der Waals surface area contributed by atoms with Crippen LogP contribution in [0.15, 0.2) is 12.1 Å². The Morgan fingerprint density at radius 3 is 2.33 bits per heavy atom. The molecule has 0 heterocycles. The molecule has 0 aliphatic rings. The maximum atomic E-state index is 13.5. The average Bonchev–Trinajstić information content (AvgIpc) is 2.25. The lowest BCUT2D eigenvalue weighted by Crippen LogP contribution is -2.31. The molecule has 0 bridgehead atoms. The summed E-state index contributed by atoms with van der Waals surface area (Å²) in [5.41, 5.74) is -2.06. The van der Waals surface area contributed by atoms with Crippen LogP contribution in [0.3, 0.4) is 0 Å². The van der Waals surface area contributed by atoms with Crippen molar-refractivity contribution in [3.05, 3.63) is 23.5 Å². The Morgan fingerprint density at radius 2 is 1.89 bits per heavy atom. The van der Waals surface area contributed by atoms with Gasteiger partial charge in [-0.25, -0.2) is 4.39 Å². The highest BCUT2D eigenvalue weighted by molar-refractivity contribution is 6.58. The van der Waals surface area contributed by atoms with Crippen LogP contribution in [0, 0.1) is 5.82 Å². The van der Waals surface area contributed by atoms with Gasteiger partial charge in [-0.05, 0) is 24.0 Å². The monoisotopic (exact) mass is 266 g/mol. The maximum absolute atomic E-state index is 13.5. The van der Waals surface area contributed by atoms with E-state index < -0.39 is 35.9 Å². The zero-order chi connectivity index (χ0) is 13.9. The van der Waals surface area contributed by atoms with Crippen molar-refractivity contribution in [2.45, 2.75) is 19.5 Å². The molecule has 0 unspecified atom stereocenters.